The highest BCUT2D eigenvalue weighted by Crippen LogP contribution is 2.24. The Bertz CT molecular complexity index is 481. The zero-order valence-electron chi connectivity index (χ0n) is 11.7. The molecule has 0 radical (unpaired) electrons. The second kappa shape index (κ2) is 8.44. The maximum atomic E-state index is 11.6. The summed E-state index contributed by atoms with van der Waals surface area (Å²) in [6.07, 6.45) is 2.99. The highest BCUT2D eigenvalue weighted by molar-refractivity contribution is 7.16. The van der Waals surface area contributed by atoms with Crippen LogP contribution in [0.5, 0.6) is 0 Å². The molecule has 0 aliphatic rings. The van der Waals surface area contributed by atoms with Gasteiger partial charge in [0.1, 0.15) is 0 Å². The Balaban J connectivity index is 2.37. The first-order valence-corrected chi connectivity index (χ1v) is 7.31. The molecule has 7 heteroatoms. The number of nitrogens with one attached hydrogen (secondary N) is 1. The Morgan fingerprint density at radius 1 is 1.45 bits per heavy atom. The van der Waals surface area contributed by atoms with Gasteiger partial charge in [-0.25, -0.2) is 0 Å². The van der Waals surface area contributed by atoms with Gasteiger partial charge in [-0.05, 0) is 25.2 Å². The molecule has 0 aromatic carbocycles. The Morgan fingerprint density at radius 3 is 2.70 bits per heavy atom. The van der Waals surface area contributed by atoms with Crippen LogP contribution in [0.4, 0.5) is 5.00 Å². The first-order chi connectivity index (χ1) is 9.56. The minimum absolute atomic E-state index is 0.0755. The van der Waals surface area contributed by atoms with Gasteiger partial charge in [0.15, 0.2) is 0 Å². The maximum Gasteiger partial charge on any atom is 0.324 e. The molecule has 1 rings (SSSR count). The number of carbonyl (C=O) groups excluding carboxylic acids is 1. The normalized spacial score (nSPS) is 11.2. The number of amides is 1. The average molecular weight is 297 g/mol. The van der Waals surface area contributed by atoms with Crippen LogP contribution in [-0.4, -0.2) is 41.9 Å². The molecule has 0 bridgehead atoms. The second-order valence-electron chi connectivity index (χ2n) is 4.08. The van der Waals surface area contributed by atoms with Gasteiger partial charge in [-0.1, -0.05) is 25.2 Å². The largest absolute Gasteiger partial charge is 0.351 e. The molecular formula is C13H19N3O3S. The predicted molar refractivity (Wildman–Crippen MR) is 80.8 cm³/mol. The van der Waals surface area contributed by atoms with Gasteiger partial charge in [0.25, 0.3) is 0 Å². The molecule has 0 saturated carbocycles. The lowest BCUT2D eigenvalue weighted by Gasteiger charge is -2.17. The molecule has 20 heavy (non-hydrogen) atoms. The summed E-state index contributed by atoms with van der Waals surface area (Å²) in [6.45, 7) is 7.48. The quantitative estimate of drug-likeness (QED) is 0.453. The van der Waals surface area contributed by atoms with Gasteiger partial charge in [0.2, 0.25) is 5.91 Å². The van der Waals surface area contributed by atoms with E-state index in [4.69, 9.17) is 0 Å². The van der Waals surface area contributed by atoms with Gasteiger partial charge in [-0.3, -0.25) is 14.9 Å². The molecule has 0 aliphatic heterocycles. The lowest BCUT2D eigenvalue weighted by Crippen LogP contribution is -2.34. The van der Waals surface area contributed by atoms with Crippen LogP contribution in [0.2, 0.25) is 0 Å². The van der Waals surface area contributed by atoms with E-state index in [1.54, 1.807) is 12.1 Å². The van der Waals surface area contributed by atoms with E-state index in [0.717, 1.165) is 31.0 Å². The molecule has 110 valence electrons. The Morgan fingerprint density at radius 2 is 2.15 bits per heavy atom. The molecule has 0 unspecified atom stereocenters. The van der Waals surface area contributed by atoms with Gasteiger partial charge in [0, 0.05) is 30.1 Å². The smallest absolute Gasteiger partial charge is 0.324 e. The number of hydrogen-bond acceptors (Lipinski definition) is 5. The molecule has 1 aromatic heterocycles. The van der Waals surface area contributed by atoms with E-state index in [1.807, 2.05) is 0 Å². The molecule has 1 N–H and O–H groups in total. The zero-order valence-corrected chi connectivity index (χ0v) is 12.5. The first kappa shape index (κ1) is 16.3. The van der Waals surface area contributed by atoms with Crippen molar-refractivity contribution in [2.75, 3.05) is 26.2 Å². The van der Waals surface area contributed by atoms with Crippen LogP contribution in [0.25, 0.3) is 6.08 Å². The standard InChI is InChI=1S/C13H19N3O3S/c1-3-15(4-2)10-9-14-12(17)7-5-11-6-8-13(20-11)16(18)19/h5-8H,3-4,9-10H2,1-2H3,(H,14,17)/b7-5+. The summed E-state index contributed by atoms with van der Waals surface area (Å²) >= 11 is 1.04. The molecule has 0 fully saturated rings. The van der Waals surface area contributed by atoms with E-state index < -0.39 is 4.92 Å². The maximum absolute atomic E-state index is 11.6. The topological polar surface area (TPSA) is 75.5 Å². The molecule has 0 atom stereocenters. The number of nitro groups is 1. The molecular weight excluding hydrogens is 278 g/mol. The van der Waals surface area contributed by atoms with E-state index in [0.29, 0.717) is 11.4 Å². The van der Waals surface area contributed by atoms with Crippen molar-refractivity contribution in [1.82, 2.24) is 10.2 Å². The van der Waals surface area contributed by atoms with Crippen LogP contribution in [0.3, 0.4) is 0 Å². The first-order valence-electron chi connectivity index (χ1n) is 6.49. The molecule has 1 amide bonds. The highest BCUT2D eigenvalue weighted by Gasteiger charge is 2.07. The lowest BCUT2D eigenvalue weighted by molar-refractivity contribution is -0.380. The van der Waals surface area contributed by atoms with E-state index >= 15 is 0 Å². The molecule has 0 saturated heterocycles. The molecule has 1 heterocycles. The number of hydrogen-bond donors (Lipinski definition) is 1. The number of nitrogens with zero attached hydrogens (tertiary/aromatic N) is 2. The minimum Gasteiger partial charge on any atom is -0.351 e. The molecule has 1 aromatic rings. The summed E-state index contributed by atoms with van der Waals surface area (Å²) in [4.78, 5) is 24.6. The van der Waals surface area contributed by atoms with Crippen molar-refractivity contribution >= 4 is 28.3 Å². The Kier molecular flexibility index (Phi) is 6.89. The third-order valence-corrected chi connectivity index (χ3v) is 3.82. The molecule has 6 nitrogen and oxygen atoms in total. The minimum atomic E-state index is -0.438. The fourth-order valence-electron chi connectivity index (χ4n) is 1.62. The van der Waals surface area contributed by atoms with Crippen molar-refractivity contribution in [2.24, 2.45) is 0 Å². The molecule has 0 aliphatic carbocycles. The Hall–Kier alpha value is -1.73. The van der Waals surface area contributed by atoms with Crippen molar-refractivity contribution in [3.8, 4) is 0 Å². The second-order valence-corrected chi connectivity index (χ2v) is 5.18. The van der Waals surface area contributed by atoms with Crippen LogP contribution in [0.1, 0.15) is 18.7 Å². The average Bonchev–Trinajstić information content (AvgIpc) is 2.90. The molecule has 0 spiro atoms. The Labute approximate surface area is 122 Å². The van der Waals surface area contributed by atoms with Crippen LogP contribution < -0.4 is 5.32 Å². The lowest BCUT2D eigenvalue weighted by atomic mass is 10.4. The number of thiophene rings is 1. The zero-order chi connectivity index (χ0) is 15.0. The number of rotatable bonds is 8. The van der Waals surface area contributed by atoms with E-state index in [9.17, 15) is 14.9 Å². The summed E-state index contributed by atoms with van der Waals surface area (Å²) in [7, 11) is 0. The van der Waals surface area contributed by atoms with Crippen molar-refractivity contribution < 1.29 is 9.72 Å². The van der Waals surface area contributed by atoms with Crippen LogP contribution in [0.15, 0.2) is 18.2 Å². The predicted octanol–water partition coefficient (Wildman–Crippen LogP) is 2.13. The third-order valence-electron chi connectivity index (χ3n) is 2.81. The fourth-order valence-corrected chi connectivity index (χ4v) is 2.35. The number of carbonyl (C=O) groups is 1. The van der Waals surface area contributed by atoms with Crippen molar-refractivity contribution in [3.63, 3.8) is 0 Å². The van der Waals surface area contributed by atoms with E-state index in [2.05, 4.69) is 24.1 Å². The summed E-state index contributed by atoms with van der Waals surface area (Å²) in [6, 6.07) is 3.06. The van der Waals surface area contributed by atoms with Gasteiger partial charge in [0.05, 0.1) is 4.92 Å². The van der Waals surface area contributed by atoms with Gasteiger partial charge >= 0.3 is 5.00 Å². The van der Waals surface area contributed by atoms with Crippen molar-refractivity contribution in [1.29, 1.82) is 0 Å². The third kappa shape index (κ3) is 5.50. The van der Waals surface area contributed by atoms with E-state index in [1.165, 1.54) is 12.1 Å². The van der Waals surface area contributed by atoms with Crippen molar-refractivity contribution in [3.05, 3.63) is 33.2 Å². The van der Waals surface area contributed by atoms with Crippen LogP contribution >= 0.6 is 11.3 Å². The summed E-state index contributed by atoms with van der Waals surface area (Å²) in [5, 5.41) is 13.4. The van der Waals surface area contributed by atoms with Gasteiger partial charge < -0.3 is 10.2 Å². The van der Waals surface area contributed by atoms with Gasteiger partial charge in [-0.15, -0.1) is 0 Å². The van der Waals surface area contributed by atoms with E-state index in [-0.39, 0.29) is 10.9 Å². The fraction of sp³-hybridized carbons (Fsp3) is 0.462. The van der Waals surface area contributed by atoms with Crippen LogP contribution in [-0.2, 0) is 4.79 Å². The summed E-state index contributed by atoms with van der Waals surface area (Å²) < 4.78 is 0. The van der Waals surface area contributed by atoms with Gasteiger partial charge in [-0.2, -0.15) is 0 Å². The SMILES string of the molecule is CCN(CC)CCNC(=O)/C=C/c1ccc([N+](=O)[O-])s1. The van der Waals surface area contributed by atoms with Crippen molar-refractivity contribution in [2.45, 2.75) is 13.8 Å². The van der Waals surface area contributed by atoms with Crippen LogP contribution in [0, 0.1) is 10.1 Å². The summed E-state index contributed by atoms with van der Waals surface area (Å²) in [5.74, 6) is -0.187. The number of likely N-dealkylation sites (N-methyl/N-ethyl adjacent to an activating group) is 1. The highest BCUT2D eigenvalue weighted by atomic mass is 32.1. The monoisotopic (exact) mass is 297 g/mol. The summed E-state index contributed by atoms with van der Waals surface area (Å²) in [5.41, 5.74) is 0.